The number of carbonyl (C=O) groups excluding carboxylic acids is 1. The van der Waals surface area contributed by atoms with Gasteiger partial charge in [-0.25, -0.2) is 0 Å². The quantitative estimate of drug-likeness (QED) is 0.538. The van der Waals surface area contributed by atoms with Gasteiger partial charge in [0.15, 0.2) is 0 Å². The number of rotatable bonds is 5. The molecular formula is C21H40O2. The Labute approximate surface area is 144 Å². The monoisotopic (exact) mass is 324 g/mol. The molecule has 0 aliphatic heterocycles. The molecule has 0 aromatic rings. The van der Waals surface area contributed by atoms with Crippen molar-refractivity contribution in [3.8, 4) is 0 Å². The highest BCUT2D eigenvalue weighted by atomic mass is 16.6. The van der Waals surface area contributed by atoms with Crippen LogP contribution in [-0.4, -0.2) is 11.6 Å². The highest BCUT2D eigenvalue weighted by Crippen LogP contribution is 2.40. The molecule has 0 heterocycles. The molecule has 0 amide bonds. The van der Waals surface area contributed by atoms with E-state index in [1.165, 1.54) is 44.9 Å². The first kappa shape index (κ1) is 20.5. The van der Waals surface area contributed by atoms with Crippen LogP contribution in [0.25, 0.3) is 0 Å². The molecule has 1 fully saturated rings. The van der Waals surface area contributed by atoms with E-state index >= 15 is 0 Å². The molecule has 0 bridgehead atoms. The van der Waals surface area contributed by atoms with Gasteiger partial charge in [-0.1, -0.05) is 59.8 Å². The van der Waals surface area contributed by atoms with Gasteiger partial charge in [0.25, 0.3) is 0 Å². The second-order valence-electron chi connectivity index (χ2n) is 9.69. The summed E-state index contributed by atoms with van der Waals surface area (Å²) < 4.78 is 6.14. The molecule has 1 aliphatic rings. The van der Waals surface area contributed by atoms with Crippen molar-refractivity contribution in [2.24, 2.45) is 16.7 Å². The summed E-state index contributed by atoms with van der Waals surface area (Å²) in [5, 5.41) is 0. The Morgan fingerprint density at radius 2 is 1.39 bits per heavy atom. The molecule has 1 unspecified atom stereocenters. The van der Waals surface area contributed by atoms with Gasteiger partial charge in [-0.15, -0.1) is 0 Å². The molecule has 0 aromatic heterocycles. The lowest BCUT2D eigenvalue weighted by atomic mass is 9.73. The summed E-state index contributed by atoms with van der Waals surface area (Å²) >= 11 is 0. The van der Waals surface area contributed by atoms with Crippen molar-refractivity contribution < 1.29 is 9.53 Å². The fourth-order valence-corrected chi connectivity index (χ4v) is 4.11. The fourth-order valence-electron chi connectivity index (χ4n) is 4.11. The average Bonchev–Trinajstić information content (AvgIpc) is 2.34. The Balaban J connectivity index is 2.78. The smallest absolute Gasteiger partial charge is 0.312 e. The predicted molar refractivity (Wildman–Crippen MR) is 98.5 cm³/mol. The number of esters is 1. The summed E-state index contributed by atoms with van der Waals surface area (Å²) in [4.78, 5) is 13.0. The highest BCUT2D eigenvalue weighted by molar-refractivity contribution is 5.76. The third kappa shape index (κ3) is 6.47. The van der Waals surface area contributed by atoms with E-state index in [2.05, 4.69) is 48.5 Å². The van der Waals surface area contributed by atoms with Crippen LogP contribution in [0.3, 0.4) is 0 Å². The lowest BCUT2D eigenvalue weighted by Crippen LogP contribution is -2.43. The van der Waals surface area contributed by atoms with Crippen molar-refractivity contribution in [1.29, 1.82) is 0 Å². The van der Waals surface area contributed by atoms with Crippen LogP contribution < -0.4 is 0 Å². The predicted octanol–water partition coefficient (Wildman–Crippen LogP) is 6.52. The van der Waals surface area contributed by atoms with E-state index in [1.54, 1.807) is 0 Å². The summed E-state index contributed by atoms with van der Waals surface area (Å²) in [5.74, 6) is 0.504. The van der Waals surface area contributed by atoms with Gasteiger partial charge >= 0.3 is 5.97 Å². The molecule has 1 atom stereocenters. The van der Waals surface area contributed by atoms with E-state index in [0.29, 0.717) is 5.92 Å². The molecule has 0 aromatic carbocycles. The first-order valence-corrected chi connectivity index (χ1v) is 9.74. The zero-order valence-electron chi connectivity index (χ0n) is 16.8. The molecule has 0 saturated heterocycles. The summed E-state index contributed by atoms with van der Waals surface area (Å²) in [7, 11) is 0. The van der Waals surface area contributed by atoms with Gasteiger partial charge in [0.05, 0.1) is 5.41 Å². The van der Waals surface area contributed by atoms with E-state index in [1.807, 2.05) is 0 Å². The lowest BCUT2D eigenvalue weighted by molar-refractivity contribution is -0.176. The second kappa shape index (κ2) is 8.03. The third-order valence-electron chi connectivity index (χ3n) is 5.64. The summed E-state index contributed by atoms with van der Waals surface area (Å²) in [6.07, 6.45) is 10.7. The Morgan fingerprint density at radius 3 is 1.83 bits per heavy atom. The summed E-state index contributed by atoms with van der Waals surface area (Å²) in [5.41, 5.74) is -0.589. The molecule has 0 spiro atoms. The molecule has 136 valence electrons. The first-order chi connectivity index (χ1) is 10.5. The Hall–Kier alpha value is -0.530. The molecule has 2 nitrogen and oxygen atoms in total. The van der Waals surface area contributed by atoms with E-state index in [0.717, 1.165) is 12.8 Å². The van der Waals surface area contributed by atoms with E-state index in [4.69, 9.17) is 4.74 Å². The third-order valence-corrected chi connectivity index (χ3v) is 5.64. The lowest BCUT2D eigenvalue weighted by Gasteiger charge is -2.40. The molecule has 1 saturated carbocycles. The van der Waals surface area contributed by atoms with E-state index in [-0.39, 0.29) is 22.4 Å². The Morgan fingerprint density at radius 1 is 0.913 bits per heavy atom. The topological polar surface area (TPSA) is 26.3 Å². The first-order valence-electron chi connectivity index (χ1n) is 9.74. The van der Waals surface area contributed by atoms with Gasteiger partial charge in [0, 0.05) is 0 Å². The van der Waals surface area contributed by atoms with Gasteiger partial charge in [-0.2, -0.15) is 0 Å². The largest absolute Gasteiger partial charge is 0.459 e. The van der Waals surface area contributed by atoms with Crippen molar-refractivity contribution in [3.63, 3.8) is 0 Å². The van der Waals surface area contributed by atoms with Crippen LogP contribution in [0.4, 0.5) is 0 Å². The zero-order chi connectivity index (χ0) is 17.7. The van der Waals surface area contributed by atoms with Crippen molar-refractivity contribution in [2.45, 2.75) is 112 Å². The van der Waals surface area contributed by atoms with Crippen LogP contribution in [0, 0.1) is 16.7 Å². The number of ether oxygens (including phenoxy) is 1. The number of hydrogen-bond acceptors (Lipinski definition) is 2. The van der Waals surface area contributed by atoms with Gasteiger partial charge in [-0.05, 0) is 57.8 Å². The maximum absolute atomic E-state index is 13.0. The van der Waals surface area contributed by atoms with E-state index < -0.39 is 0 Å². The van der Waals surface area contributed by atoms with Crippen LogP contribution in [0.1, 0.15) is 106 Å². The standard InChI is InChI=1S/C21H40O2/c1-8-21(7,16-19(2,3)4)18(22)23-20(5,6)17-14-12-10-9-11-13-15-17/h17H,8-16H2,1-7H3. The fraction of sp³-hybridized carbons (Fsp3) is 0.952. The van der Waals surface area contributed by atoms with Crippen molar-refractivity contribution in [1.82, 2.24) is 0 Å². The van der Waals surface area contributed by atoms with Gasteiger partial charge in [0.2, 0.25) is 0 Å². The molecule has 23 heavy (non-hydrogen) atoms. The minimum absolute atomic E-state index is 0.00184. The molecule has 0 radical (unpaired) electrons. The van der Waals surface area contributed by atoms with Crippen molar-refractivity contribution >= 4 is 5.97 Å². The van der Waals surface area contributed by atoms with Crippen molar-refractivity contribution in [3.05, 3.63) is 0 Å². The zero-order valence-corrected chi connectivity index (χ0v) is 16.8. The number of hydrogen-bond donors (Lipinski definition) is 0. The van der Waals surface area contributed by atoms with Crippen LogP contribution in [-0.2, 0) is 9.53 Å². The molecule has 2 heteroatoms. The van der Waals surface area contributed by atoms with Gasteiger partial charge in [-0.3, -0.25) is 4.79 Å². The minimum Gasteiger partial charge on any atom is -0.459 e. The molecular weight excluding hydrogens is 284 g/mol. The second-order valence-corrected chi connectivity index (χ2v) is 9.69. The van der Waals surface area contributed by atoms with Crippen LogP contribution in [0.15, 0.2) is 0 Å². The maximum atomic E-state index is 13.0. The maximum Gasteiger partial charge on any atom is 0.312 e. The van der Waals surface area contributed by atoms with Crippen LogP contribution in [0.5, 0.6) is 0 Å². The van der Waals surface area contributed by atoms with E-state index in [9.17, 15) is 4.79 Å². The van der Waals surface area contributed by atoms with Gasteiger partial charge < -0.3 is 4.74 Å². The minimum atomic E-state index is -0.378. The van der Waals surface area contributed by atoms with Crippen LogP contribution in [0.2, 0.25) is 0 Å². The van der Waals surface area contributed by atoms with Crippen LogP contribution >= 0.6 is 0 Å². The normalized spacial score (nSPS) is 21.2. The Kier molecular flexibility index (Phi) is 7.16. The Bertz CT molecular complexity index is 370. The molecule has 1 aliphatic carbocycles. The molecule has 1 rings (SSSR count). The molecule has 0 N–H and O–H groups in total. The summed E-state index contributed by atoms with van der Waals surface area (Å²) in [6, 6.07) is 0. The highest BCUT2D eigenvalue weighted by Gasteiger charge is 2.41. The van der Waals surface area contributed by atoms with Crippen molar-refractivity contribution in [2.75, 3.05) is 0 Å². The van der Waals surface area contributed by atoms with Gasteiger partial charge in [0.1, 0.15) is 5.60 Å². The number of carbonyl (C=O) groups is 1. The summed E-state index contributed by atoms with van der Waals surface area (Å²) in [6.45, 7) is 15.1. The average molecular weight is 325 g/mol. The SMILES string of the molecule is CCC(C)(CC(C)(C)C)C(=O)OC(C)(C)C1CCCCCCC1.